The van der Waals surface area contributed by atoms with E-state index in [1.54, 1.807) is 0 Å². The van der Waals surface area contributed by atoms with Crippen molar-refractivity contribution in [3.8, 4) is 11.5 Å². The van der Waals surface area contributed by atoms with Gasteiger partial charge in [0.1, 0.15) is 17.1 Å². The van der Waals surface area contributed by atoms with E-state index in [0.717, 1.165) is 12.5 Å². The summed E-state index contributed by atoms with van der Waals surface area (Å²) in [6, 6.07) is 13.7. The molecule has 0 aliphatic heterocycles. The van der Waals surface area contributed by atoms with Crippen LogP contribution in [0.5, 0.6) is 11.5 Å². The largest absolute Gasteiger partial charge is 0.508 e. The molecule has 2 aromatic carbocycles. The molecular weight excluding hydrogens is 256 g/mol. The van der Waals surface area contributed by atoms with Crippen LogP contribution in [0, 0.1) is 0 Å². The van der Waals surface area contributed by atoms with Gasteiger partial charge in [0.25, 0.3) is 0 Å². The molecule has 20 heavy (non-hydrogen) atoms. The molecule has 0 radical (unpaired) electrons. The number of carbonyl (C=O) groups is 1. The highest BCUT2D eigenvalue weighted by Gasteiger charge is 2.12. The Morgan fingerprint density at radius 2 is 1.80 bits per heavy atom. The van der Waals surface area contributed by atoms with Crippen LogP contribution in [0.3, 0.4) is 0 Å². The first kappa shape index (κ1) is 13.9. The van der Waals surface area contributed by atoms with Crippen LogP contribution >= 0.6 is 0 Å². The standard InChI is InChI=1S/C16H16O4/c17-13-8-9-14(15(18)11-13)16(19)20-10-4-7-12-5-2-1-3-6-12/h1-3,5-6,8-9,11,17-18H,4,7,10H2. The fourth-order valence-electron chi connectivity index (χ4n) is 1.86. The maximum Gasteiger partial charge on any atom is 0.341 e. The summed E-state index contributed by atoms with van der Waals surface area (Å²) in [5.74, 6) is -0.961. The molecule has 0 heterocycles. The molecule has 4 nitrogen and oxygen atoms in total. The number of aryl methyl sites for hydroxylation is 1. The first-order valence-corrected chi connectivity index (χ1v) is 6.40. The number of phenolic OH excluding ortho intramolecular Hbond substituents is 2. The number of hydrogen-bond donors (Lipinski definition) is 2. The predicted octanol–water partition coefficient (Wildman–Crippen LogP) is 2.89. The second-order valence-corrected chi connectivity index (χ2v) is 4.43. The first-order valence-electron chi connectivity index (χ1n) is 6.40. The van der Waals surface area contributed by atoms with Crippen molar-refractivity contribution in [3.63, 3.8) is 0 Å². The highest BCUT2D eigenvalue weighted by molar-refractivity contribution is 5.92. The van der Waals surface area contributed by atoms with Crippen LogP contribution in [0.1, 0.15) is 22.3 Å². The van der Waals surface area contributed by atoms with Gasteiger partial charge in [-0.05, 0) is 30.5 Å². The van der Waals surface area contributed by atoms with Gasteiger partial charge in [0.2, 0.25) is 0 Å². The van der Waals surface area contributed by atoms with E-state index in [-0.39, 0.29) is 23.7 Å². The summed E-state index contributed by atoms with van der Waals surface area (Å²) < 4.78 is 5.09. The summed E-state index contributed by atoms with van der Waals surface area (Å²) >= 11 is 0. The first-order chi connectivity index (χ1) is 9.66. The van der Waals surface area contributed by atoms with Crippen molar-refractivity contribution in [2.24, 2.45) is 0 Å². The number of phenols is 2. The minimum atomic E-state index is -0.587. The summed E-state index contributed by atoms with van der Waals surface area (Å²) in [6.45, 7) is 0.286. The van der Waals surface area contributed by atoms with E-state index in [1.807, 2.05) is 30.3 Å². The van der Waals surface area contributed by atoms with E-state index >= 15 is 0 Å². The predicted molar refractivity (Wildman–Crippen MR) is 74.8 cm³/mol. The van der Waals surface area contributed by atoms with Gasteiger partial charge in [0.05, 0.1) is 6.61 Å². The molecule has 0 saturated heterocycles. The van der Waals surface area contributed by atoms with Gasteiger partial charge in [0.15, 0.2) is 0 Å². The Kier molecular flexibility index (Phi) is 4.60. The summed E-state index contributed by atoms with van der Waals surface area (Å²) in [5, 5.41) is 18.7. The third-order valence-electron chi connectivity index (χ3n) is 2.89. The third-order valence-corrected chi connectivity index (χ3v) is 2.89. The fraction of sp³-hybridized carbons (Fsp3) is 0.188. The second kappa shape index (κ2) is 6.61. The smallest absolute Gasteiger partial charge is 0.341 e. The lowest BCUT2D eigenvalue weighted by molar-refractivity contribution is 0.0497. The van der Waals surface area contributed by atoms with Crippen molar-refractivity contribution in [3.05, 3.63) is 59.7 Å². The molecule has 0 aliphatic rings. The molecule has 2 rings (SSSR count). The van der Waals surface area contributed by atoms with Gasteiger partial charge in [0, 0.05) is 6.07 Å². The Hall–Kier alpha value is -2.49. The van der Waals surface area contributed by atoms with E-state index < -0.39 is 5.97 Å². The van der Waals surface area contributed by atoms with Gasteiger partial charge in [-0.2, -0.15) is 0 Å². The zero-order valence-electron chi connectivity index (χ0n) is 11.0. The van der Waals surface area contributed by atoms with Gasteiger partial charge in [-0.25, -0.2) is 4.79 Å². The number of carbonyl (C=O) groups excluding carboxylic acids is 1. The van der Waals surface area contributed by atoms with E-state index in [4.69, 9.17) is 9.84 Å². The van der Waals surface area contributed by atoms with Crippen LogP contribution in [0.25, 0.3) is 0 Å². The van der Waals surface area contributed by atoms with Crippen LogP contribution in [0.15, 0.2) is 48.5 Å². The van der Waals surface area contributed by atoms with E-state index in [9.17, 15) is 9.90 Å². The van der Waals surface area contributed by atoms with Crippen molar-refractivity contribution in [2.75, 3.05) is 6.61 Å². The van der Waals surface area contributed by atoms with Gasteiger partial charge >= 0.3 is 5.97 Å². The Morgan fingerprint density at radius 1 is 1.05 bits per heavy atom. The summed E-state index contributed by atoms with van der Waals surface area (Å²) in [7, 11) is 0. The zero-order chi connectivity index (χ0) is 14.4. The minimum absolute atomic E-state index is 0.0579. The molecular formula is C16H16O4. The maximum atomic E-state index is 11.7. The molecule has 2 N–H and O–H groups in total. The van der Waals surface area contributed by atoms with Crippen molar-refractivity contribution >= 4 is 5.97 Å². The van der Waals surface area contributed by atoms with Gasteiger partial charge in [-0.15, -0.1) is 0 Å². The van der Waals surface area contributed by atoms with Crippen molar-refractivity contribution in [1.29, 1.82) is 0 Å². The topological polar surface area (TPSA) is 66.8 Å². The lowest BCUT2D eigenvalue weighted by atomic mass is 10.1. The Bertz CT molecular complexity index is 578. The SMILES string of the molecule is O=C(OCCCc1ccccc1)c1ccc(O)cc1O. The number of ether oxygens (including phenoxy) is 1. The lowest BCUT2D eigenvalue weighted by Gasteiger charge is -2.06. The molecule has 0 fully saturated rings. The Balaban J connectivity index is 1.80. The Morgan fingerprint density at radius 3 is 2.50 bits per heavy atom. The lowest BCUT2D eigenvalue weighted by Crippen LogP contribution is -2.07. The highest BCUT2D eigenvalue weighted by atomic mass is 16.5. The molecule has 0 unspecified atom stereocenters. The summed E-state index contributed by atoms with van der Waals surface area (Å²) in [5.41, 5.74) is 1.25. The zero-order valence-corrected chi connectivity index (χ0v) is 11.0. The van der Waals surface area contributed by atoms with Crippen molar-refractivity contribution in [1.82, 2.24) is 0 Å². The molecule has 0 amide bonds. The summed E-state index contributed by atoms with van der Waals surface area (Å²) in [6.07, 6.45) is 1.55. The third kappa shape index (κ3) is 3.75. The van der Waals surface area contributed by atoms with E-state index in [2.05, 4.69) is 0 Å². The van der Waals surface area contributed by atoms with Crippen LogP contribution in [0.4, 0.5) is 0 Å². The van der Waals surface area contributed by atoms with E-state index in [1.165, 1.54) is 17.7 Å². The average Bonchev–Trinajstić information content (AvgIpc) is 2.44. The normalized spacial score (nSPS) is 10.2. The average molecular weight is 272 g/mol. The molecule has 0 spiro atoms. The van der Waals surface area contributed by atoms with Gasteiger partial charge in [-0.1, -0.05) is 30.3 Å². The minimum Gasteiger partial charge on any atom is -0.508 e. The van der Waals surface area contributed by atoms with Crippen LogP contribution in [-0.4, -0.2) is 22.8 Å². The monoisotopic (exact) mass is 272 g/mol. The highest BCUT2D eigenvalue weighted by Crippen LogP contribution is 2.23. The fourth-order valence-corrected chi connectivity index (χ4v) is 1.86. The quantitative estimate of drug-likeness (QED) is 0.648. The molecule has 0 atom stereocenters. The van der Waals surface area contributed by atoms with Gasteiger partial charge in [-0.3, -0.25) is 0 Å². The van der Waals surface area contributed by atoms with Crippen molar-refractivity contribution in [2.45, 2.75) is 12.8 Å². The molecule has 0 bridgehead atoms. The molecule has 0 saturated carbocycles. The number of esters is 1. The molecule has 0 aromatic heterocycles. The molecule has 2 aromatic rings. The second-order valence-electron chi connectivity index (χ2n) is 4.43. The summed E-state index contributed by atoms with van der Waals surface area (Å²) in [4.78, 5) is 11.7. The Labute approximate surface area is 117 Å². The number of hydrogen-bond acceptors (Lipinski definition) is 4. The number of benzene rings is 2. The number of rotatable bonds is 5. The van der Waals surface area contributed by atoms with E-state index in [0.29, 0.717) is 6.42 Å². The van der Waals surface area contributed by atoms with Crippen LogP contribution in [0.2, 0.25) is 0 Å². The molecule has 104 valence electrons. The van der Waals surface area contributed by atoms with Crippen LogP contribution in [-0.2, 0) is 11.2 Å². The molecule has 0 aliphatic carbocycles. The van der Waals surface area contributed by atoms with Crippen molar-refractivity contribution < 1.29 is 19.7 Å². The van der Waals surface area contributed by atoms with Crippen LogP contribution < -0.4 is 0 Å². The number of aromatic hydroxyl groups is 2. The maximum absolute atomic E-state index is 11.7. The van der Waals surface area contributed by atoms with Gasteiger partial charge < -0.3 is 14.9 Å². The molecule has 4 heteroatoms.